The Morgan fingerprint density at radius 3 is 2.56 bits per heavy atom. The summed E-state index contributed by atoms with van der Waals surface area (Å²) < 4.78 is 1.25. The molecule has 0 aromatic carbocycles. The maximum Gasteiger partial charge on any atom is 0.107 e. The summed E-state index contributed by atoms with van der Waals surface area (Å²) in [7, 11) is 2.21. The quantitative estimate of drug-likeness (QED) is 0.438. The molecule has 0 amide bonds. The minimum Gasteiger partial charge on any atom is -0.331 e. The molecular weight excluding hydrogens is 224 g/mol. The Kier molecular flexibility index (Phi) is 6.00. The molecule has 0 aromatic heterocycles. The highest BCUT2D eigenvalue weighted by Gasteiger charge is 2.04. The second-order valence-corrected chi connectivity index (χ2v) is 3.72. The zero-order valence-electron chi connectivity index (χ0n) is 6.23. The van der Waals surface area contributed by atoms with Gasteiger partial charge in [0.15, 0.2) is 0 Å². The molecule has 0 saturated carbocycles. The summed E-state index contributed by atoms with van der Waals surface area (Å²) in [5.41, 5.74) is 5.47. The van der Waals surface area contributed by atoms with Gasteiger partial charge in [0, 0.05) is 4.43 Å². The molecule has 0 fully saturated rings. The molecule has 2 atom stereocenters. The third kappa shape index (κ3) is 5.21. The van der Waals surface area contributed by atoms with Crippen molar-refractivity contribution in [2.45, 2.75) is 19.2 Å². The van der Waals surface area contributed by atoms with E-state index < -0.39 is 0 Å². The fourth-order valence-electron chi connectivity index (χ4n) is 0.846. The zero-order chi connectivity index (χ0) is 7.28. The number of halogens is 1. The van der Waals surface area contributed by atoms with Crippen molar-refractivity contribution in [1.29, 1.82) is 0 Å². The van der Waals surface area contributed by atoms with Gasteiger partial charge in [-0.05, 0) is 12.5 Å². The van der Waals surface area contributed by atoms with E-state index in [0.717, 1.165) is 12.5 Å². The van der Waals surface area contributed by atoms with Crippen LogP contribution in [0, 0.1) is 5.92 Å². The van der Waals surface area contributed by atoms with Gasteiger partial charge in [-0.1, -0.05) is 41.8 Å². The first-order valence-electron chi connectivity index (χ1n) is 3.46. The molecule has 54 valence electrons. The molecule has 0 aliphatic heterocycles. The first-order valence-corrected chi connectivity index (χ1v) is 4.99. The van der Waals surface area contributed by atoms with Gasteiger partial charge in [-0.2, -0.15) is 0 Å². The number of hydrogen-bond acceptors (Lipinski definition) is 1. The second-order valence-electron chi connectivity index (χ2n) is 2.84. The second kappa shape index (κ2) is 5.53. The number of rotatable bonds is 4. The van der Waals surface area contributed by atoms with E-state index >= 15 is 0 Å². The van der Waals surface area contributed by atoms with Crippen LogP contribution >= 0.6 is 22.6 Å². The molecule has 0 aromatic rings. The van der Waals surface area contributed by atoms with Crippen LogP contribution in [0.15, 0.2) is 0 Å². The topological polar surface area (TPSA) is 26.0 Å². The molecule has 0 aliphatic carbocycles. The van der Waals surface area contributed by atoms with E-state index in [4.69, 9.17) is 5.73 Å². The van der Waals surface area contributed by atoms with Gasteiger partial charge in [-0.25, -0.2) is 0 Å². The average molecular weight is 239 g/mol. The molecule has 9 heavy (non-hydrogen) atoms. The van der Waals surface area contributed by atoms with Gasteiger partial charge in [-0.3, -0.25) is 0 Å². The lowest BCUT2D eigenvalue weighted by molar-refractivity contribution is 0.575. The van der Waals surface area contributed by atoms with Crippen molar-refractivity contribution >= 4 is 30.4 Å². The Balaban J connectivity index is 3.22. The van der Waals surface area contributed by atoms with E-state index in [9.17, 15) is 0 Å². The highest BCUT2D eigenvalue weighted by atomic mass is 127. The van der Waals surface area contributed by atoms with Gasteiger partial charge >= 0.3 is 0 Å². The lowest BCUT2D eigenvalue weighted by atomic mass is 9.81. The van der Waals surface area contributed by atoms with E-state index in [1.807, 2.05) is 0 Å². The predicted octanol–water partition coefficient (Wildman–Crippen LogP) is 0.828. The maximum atomic E-state index is 5.47. The van der Waals surface area contributed by atoms with E-state index in [2.05, 4.69) is 37.4 Å². The lowest BCUT2D eigenvalue weighted by Crippen LogP contribution is -2.12. The van der Waals surface area contributed by atoms with Gasteiger partial charge < -0.3 is 5.73 Å². The largest absolute Gasteiger partial charge is 0.331 e. The van der Waals surface area contributed by atoms with Crippen molar-refractivity contribution in [3.63, 3.8) is 0 Å². The van der Waals surface area contributed by atoms with Crippen LogP contribution in [0.1, 0.15) is 13.3 Å². The fourth-order valence-corrected chi connectivity index (χ4v) is 1.21. The van der Waals surface area contributed by atoms with E-state index in [1.165, 1.54) is 10.8 Å². The Morgan fingerprint density at radius 1 is 1.67 bits per heavy atom. The van der Waals surface area contributed by atoms with E-state index in [1.54, 1.807) is 0 Å². The third-order valence-electron chi connectivity index (χ3n) is 1.47. The SMILES string of the molecule is BC(CN)CC(C)CI. The molecule has 1 nitrogen and oxygen atoms in total. The molecule has 2 unspecified atom stereocenters. The Labute approximate surface area is 72.3 Å². The first kappa shape index (κ1) is 9.75. The van der Waals surface area contributed by atoms with Crippen LogP contribution in [0.3, 0.4) is 0 Å². The number of alkyl halides is 1. The average Bonchev–Trinajstić information content (AvgIpc) is 1.87. The van der Waals surface area contributed by atoms with Crippen molar-refractivity contribution < 1.29 is 0 Å². The summed E-state index contributed by atoms with van der Waals surface area (Å²) in [4.78, 5) is 0. The molecule has 0 heterocycles. The van der Waals surface area contributed by atoms with Gasteiger partial charge in [0.1, 0.15) is 7.85 Å². The minimum atomic E-state index is 0.703. The summed E-state index contributed by atoms with van der Waals surface area (Å²) in [6.45, 7) is 3.11. The zero-order valence-corrected chi connectivity index (χ0v) is 8.39. The normalized spacial score (nSPS) is 17.2. The molecule has 0 bridgehead atoms. The van der Waals surface area contributed by atoms with Crippen LogP contribution in [0.2, 0.25) is 5.82 Å². The minimum absolute atomic E-state index is 0.703. The summed E-state index contributed by atoms with van der Waals surface area (Å²) in [5, 5.41) is 0. The van der Waals surface area contributed by atoms with Crippen molar-refractivity contribution in [3.8, 4) is 0 Å². The van der Waals surface area contributed by atoms with Crippen molar-refractivity contribution in [2.75, 3.05) is 11.0 Å². The number of hydrogen-bond donors (Lipinski definition) is 1. The molecule has 0 radical (unpaired) electrons. The summed E-state index contributed by atoms with van der Waals surface area (Å²) in [6.07, 6.45) is 1.28. The summed E-state index contributed by atoms with van der Waals surface area (Å²) in [5.74, 6) is 1.54. The summed E-state index contributed by atoms with van der Waals surface area (Å²) >= 11 is 2.42. The monoisotopic (exact) mass is 239 g/mol. The first-order chi connectivity index (χ1) is 4.20. The molecule has 2 N–H and O–H groups in total. The Hall–Kier alpha value is 0.755. The van der Waals surface area contributed by atoms with Crippen LogP contribution in [-0.4, -0.2) is 18.8 Å². The Bertz CT molecular complexity index is 62.1. The molecule has 0 spiro atoms. The van der Waals surface area contributed by atoms with Crippen LogP contribution < -0.4 is 5.73 Å². The molecular formula is C6H15BIN. The fraction of sp³-hybridized carbons (Fsp3) is 1.00. The van der Waals surface area contributed by atoms with Crippen molar-refractivity contribution in [2.24, 2.45) is 11.7 Å². The van der Waals surface area contributed by atoms with Crippen LogP contribution in [-0.2, 0) is 0 Å². The highest BCUT2D eigenvalue weighted by Crippen LogP contribution is 2.14. The highest BCUT2D eigenvalue weighted by molar-refractivity contribution is 14.1. The smallest absolute Gasteiger partial charge is 0.107 e. The third-order valence-corrected chi connectivity index (χ3v) is 2.97. The summed E-state index contributed by atoms with van der Waals surface area (Å²) in [6, 6.07) is 0. The van der Waals surface area contributed by atoms with Crippen molar-refractivity contribution in [3.05, 3.63) is 0 Å². The maximum absolute atomic E-state index is 5.47. The van der Waals surface area contributed by atoms with Gasteiger partial charge in [0.05, 0.1) is 0 Å². The van der Waals surface area contributed by atoms with Crippen LogP contribution in [0.5, 0.6) is 0 Å². The van der Waals surface area contributed by atoms with E-state index in [0.29, 0.717) is 5.82 Å². The number of nitrogens with two attached hydrogens (primary N) is 1. The lowest BCUT2D eigenvalue weighted by Gasteiger charge is -2.11. The standard InChI is InChI=1S/C6H15BIN/c1-5(3-8)2-6(7)4-9/h5-6H,2-4,7,9H2,1H3. The van der Waals surface area contributed by atoms with Crippen LogP contribution in [0.4, 0.5) is 0 Å². The van der Waals surface area contributed by atoms with Crippen molar-refractivity contribution in [1.82, 2.24) is 0 Å². The predicted molar refractivity (Wildman–Crippen MR) is 54.0 cm³/mol. The molecule has 3 heteroatoms. The van der Waals surface area contributed by atoms with Crippen LogP contribution in [0.25, 0.3) is 0 Å². The van der Waals surface area contributed by atoms with E-state index in [-0.39, 0.29) is 0 Å². The van der Waals surface area contributed by atoms with Gasteiger partial charge in [0.25, 0.3) is 0 Å². The van der Waals surface area contributed by atoms with Gasteiger partial charge in [0.2, 0.25) is 0 Å². The molecule has 0 aliphatic rings. The Morgan fingerprint density at radius 2 is 2.22 bits per heavy atom. The molecule has 0 rings (SSSR count). The van der Waals surface area contributed by atoms with Gasteiger partial charge in [-0.15, -0.1) is 0 Å². The molecule has 0 saturated heterocycles.